The van der Waals surface area contributed by atoms with Crippen molar-refractivity contribution in [1.29, 1.82) is 0 Å². The molecule has 2 unspecified atom stereocenters. The molecule has 3 N–H and O–H groups in total. The summed E-state index contributed by atoms with van der Waals surface area (Å²) >= 11 is 0. The van der Waals surface area contributed by atoms with Crippen molar-refractivity contribution in [1.82, 2.24) is 4.98 Å². The quantitative estimate of drug-likeness (QED) is 0.792. The van der Waals surface area contributed by atoms with Crippen molar-refractivity contribution in [2.45, 2.75) is 32.2 Å². The highest BCUT2D eigenvalue weighted by Crippen LogP contribution is 2.32. The van der Waals surface area contributed by atoms with Crippen LogP contribution >= 0.6 is 0 Å². The number of nitrogens with zero attached hydrogens (tertiary/aromatic N) is 1. The lowest BCUT2D eigenvalue weighted by atomic mass is 10.1. The highest BCUT2D eigenvalue weighted by molar-refractivity contribution is 5.98. The Labute approximate surface area is 107 Å². The minimum atomic E-state index is 0.571. The lowest BCUT2D eigenvalue weighted by Gasteiger charge is -2.17. The molecule has 1 aliphatic carbocycles. The van der Waals surface area contributed by atoms with Crippen molar-refractivity contribution in [2.24, 2.45) is 5.92 Å². The molecule has 1 heterocycles. The van der Waals surface area contributed by atoms with Gasteiger partial charge in [0.2, 0.25) is 0 Å². The standard InChI is InChI=1S/C15H19N3/c1-10-2-4-12(8-10)18-14-5-3-11-9-17-7-6-13(11)15(14)16/h3,5-7,9-10,12,18H,2,4,8,16H2,1H3. The number of hydrogen-bond donors (Lipinski definition) is 2. The van der Waals surface area contributed by atoms with E-state index in [1.807, 2.05) is 12.3 Å². The number of anilines is 2. The van der Waals surface area contributed by atoms with Crippen LogP contribution < -0.4 is 11.1 Å². The summed E-state index contributed by atoms with van der Waals surface area (Å²) in [5, 5.41) is 5.77. The van der Waals surface area contributed by atoms with Crippen LogP contribution in [0.25, 0.3) is 10.8 Å². The monoisotopic (exact) mass is 241 g/mol. The largest absolute Gasteiger partial charge is 0.397 e. The van der Waals surface area contributed by atoms with Gasteiger partial charge in [0.15, 0.2) is 0 Å². The van der Waals surface area contributed by atoms with Gasteiger partial charge in [0.25, 0.3) is 0 Å². The number of benzene rings is 1. The molecule has 3 rings (SSSR count). The zero-order valence-corrected chi connectivity index (χ0v) is 10.7. The molecule has 18 heavy (non-hydrogen) atoms. The smallest absolute Gasteiger partial charge is 0.0630 e. The fourth-order valence-corrected chi connectivity index (χ4v) is 2.88. The number of rotatable bonds is 2. The Morgan fingerprint density at radius 1 is 1.28 bits per heavy atom. The maximum absolute atomic E-state index is 6.24. The van der Waals surface area contributed by atoms with E-state index >= 15 is 0 Å². The molecule has 3 heteroatoms. The average Bonchev–Trinajstić information content (AvgIpc) is 2.79. The summed E-state index contributed by atoms with van der Waals surface area (Å²) in [6.45, 7) is 2.32. The molecule has 1 aromatic carbocycles. The highest BCUT2D eigenvalue weighted by atomic mass is 14.9. The van der Waals surface area contributed by atoms with Crippen molar-refractivity contribution in [3.8, 4) is 0 Å². The van der Waals surface area contributed by atoms with E-state index < -0.39 is 0 Å². The molecular formula is C15H19N3. The molecule has 3 nitrogen and oxygen atoms in total. The second-order valence-corrected chi connectivity index (χ2v) is 5.38. The Hall–Kier alpha value is -1.77. The van der Waals surface area contributed by atoms with Gasteiger partial charge >= 0.3 is 0 Å². The predicted molar refractivity (Wildman–Crippen MR) is 76.6 cm³/mol. The molecular weight excluding hydrogens is 222 g/mol. The fourth-order valence-electron chi connectivity index (χ4n) is 2.88. The van der Waals surface area contributed by atoms with Gasteiger partial charge < -0.3 is 11.1 Å². The Morgan fingerprint density at radius 2 is 2.17 bits per heavy atom. The van der Waals surface area contributed by atoms with Gasteiger partial charge in [-0.15, -0.1) is 0 Å². The maximum atomic E-state index is 6.24. The summed E-state index contributed by atoms with van der Waals surface area (Å²) in [6, 6.07) is 6.70. The summed E-state index contributed by atoms with van der Waals surface area (Å²) < 4.78 is 0. The van der Waals surface area contributed by atoms with Crippen molar-refractivity contribution in [3.63, 3.8) is 0 Å². The van der Waals surface area contributed by atoms with Crippen molar-refractivity contribution < 1.29 is 0 Å². The zero-order valence-electron chi connectivity index (χ0n) is 10.7. The number of aromatic nitrogens is 1. The van der Waals surface area contributed by atoms with Crippen LogP contribution in [-0.4, -0.2) is 11.0 Å². The fraction of sp³-hybridized carbons (Fsp3) is 0.400. The first-order chi connectivity index (χ1) is 8.74. The molecule has 0 bridgehead atoms. The number of fused-ring (bicyclic) bond motifs is 1. The summed E-state index contributed by atoms with van der Waals surface area (Å²) in [4.78, 5) is 4.12. The van der Waals surface area contributed by atoms with Gasteiger partial charge in [0.05, 0.1) is 11.4 Å². The maximum Gasteiger partial charge on any atom is 0.0630 e. The third-order valence-corrected chi connectivity index (χ3v) is 3.92. The third kappa shape index (κ3) is 2.01. The first kappa shape index (κ1) is 11.3. The van der Waals surface area contributed by atoms with Gasteiger partial charge in [-0.05, 0) is 37.3 Å². The molecule has 0 amide bonds. The van der Waals surface area contributed by atoms with Gasteiger partial charge in [0.1, 0.15) is 0 Å². The second kappa shape index (κ2) is 4.48. The third-order valence-electron chi connectivity index (χ3n) is 3.92. The van der Waals surface area contributed by atoms with E-state index in [1.165, 1.54) is 19.3 Å². The number of nitrogens with two attached hydrogens (primary N) is 1. The molecule has 2 aromatic rings. The van der Waals surface area contributed by atoms with Crippen LogP contribution in [0, 0.1) is 5.92 Å². The van der Waals surface area contributed by atoms with Gasteiger partial charge in [-0.2, -0.15) is 0 Å². The first-order valence-corrected chi connectivity index (χ1v) is 6.63. The molecule has 0 aliphatic heterocycles. The topological polar surface area (TPSA) is 50.9 Å². The zero-order chi connectivity index (χ0) is 12.5. The van der Waals surface area contributed by atoms with Crippen LogP contribution in [-0.2, 0) is 0 Å². The van der Waals surface area contributed by atoms with Crippen LogP contribution in [0.3, 0.4) is 0 Å². The summed E-state index contributed by atoms with van der Waals surface area (Å²) in [6.07, 6.45) is 7.45. The number of pyridine rings is 1. The molecule has 1 aromatic heterocycles. The van der Waals surface area contributed by atoms with Crippen LogP contribution in [0.2, 0.25) is 0 Å². The Bertz CT molecular complexity index is 565. The van der Waals surface area contributed by atoms with E-state index in [2.05, 4.69) is 29.4 Å². The van der Waals surface area contributed by atoms with Crippen LogP contribution in [0.15, 0.2) is 30.6 Å². The predicted octanol–water partition coefficient (Wildman–Crippen LogP) is 3.42. The van der Waals surface area contributed by atoms with Crippen molar-refractivity contribution >= 4 is 22.1 Å². The second-order valence-electron chi connectivity index (χ2n) is 5.38. The minimum Gasteiger partial charge on any atom is -0.397 e. The lowest BCUT2D eigenvalue weighted by Crippen LogP contribution is -2.16. The Kier molecular flexibility index (Phi) is 2.82. The average molecular weight is 241 g/mol. The number of nitrogens with one attached hydrogen (secondary N) is 1. The molecule has 0 saturated heterocycles. The molecule has 94 valence electrons. The number of nitrogen functional groups attached to an aromatic ring is 1. The van der Waals surface area contributed by atoms with E-state index in [9.17, 15) is 0 Å². The summed E-state index contributed by atoms with van der Waals surface area (Å²) in [7, 11) is 0. The molecule has 2 atom stereocenters. The molecule has 0 radical (unpaired) electrons. The Morgan fingerprint density at radius 3 is 2.94 bits per heavy atom. The first-order valence-electron chi connectivity index (χ1n) is 6.63. The highest BCUT2D eigenvalue weighted by Gasteiger charge is 2.21. The van der Waals surface area contributed by atoms with E-state index in [0.29, 0.717) is 6.04 Å². The number of hydrogen-bond acceptors (Lipinski definition) is 3. The van der Waals surface area contributed by atoms with Crippen LogP contribution in [0.1, 0.15) is 26.2 Å². The normalized spacial score (nSPS) is 23.4. The van der Waals surface area contributed by atoms with E-state index in [-0.39, 0.29) is 0 Å². The van der Waals surface area contributed by atoms with E-state index in [4.69, 9.17) is 5.73 Å². The summed E-state index contributed by atoms with van der Waals surface area (Å²) in [5.74, 6) is 0.827. The Balaban J connectivity index is 1.90. The molecule has 0 spiro atoms. The molecule has 1 fully saturated rings. The van der Waals surface area contributed by atoms with E-state index in [0.717, 1.165) is 28.1 Å². The molecule has 1 aliphatic rings. The minimum absolute atomic E-state index is 0.571. The van der Waals surface area contributed by atoms with Gasteiger partial charge in [-0.1, -0.05) is 13.0 Å². The summed E-state index contributed by atoms with van der Waals surface area (Å²) in [5.41, 5.74) is 8.15. The van der Waals surface area contributed by atoms with Crippen LogP contribution in [0.5, 0.6) is 0 Å². The van der Waals surface area contributed by atoms with Gasteiger partial charge in [0, 0.05) is 29.2 Å². The van der Waals surface area contributed by atoms with Gasteiger partial charge in [-0.3, -0.25) is 4.98 Å². The van der Waals surface area contributed by atoms with Crippen molar-refractivity contribution in [3.05, 3.63) is 30.6 Å². The molecule has 1 saturated carbocycles. The van der Waals surface area contributed by atoms with Crippen LogP contribution in [0.4, 0.5) is 11.4 Å². The SMILES string of the molecule is CC1CCC(Nc2ccc3cnccc3c2N)C1. The van der Waals surface area contributed by atoms with E-state index in [1.54, 1.807) is 6.20 Å². The lowest BCUT2D eigenvalue weighted by molar-refractivity contribution is 0.603. The van der Waals surface area contributed by atoms with Crippen molar-refractivity contribution in [2.75, 3.05) is 11.1 Å². The van der Waals surface area contributed by atoms with Gasteiger partial charge in [-0.25, -0.2) is 0 Å².